The number of Topliss-reactive ketones (excluding diaryl/α,β-unsaturated/α-hetero) is 1. The van der Waals surface area contributed by atoms with Crippen molar-refractivity contribution in [1.29, 1.82) is 0 Å². The van der Waals surface area contributed by atoms with E-state index in [1.54, 1.807) is 20.8 Å². The lowest BCUT2D eigenvalue weighted by molar-refractivity contribution is -0.131. The van der Waals surface area contributed by atoms with Crippen LogP contribution in [0, 0.1) is 0 Å². The Morgan fingerprint density at radius 2 is 1.70 bits per heavy atom. The molecule has 1 rings (SSSR count). The standard InChI is InChI=1S/C20H32N4O6/c1-4-15(25)13(2)23-20(30)14(3)22-17(27)8-6-5-7-16(26)21-11-12-24-18(28)9-10-19(24)29/h9-10,13-14,18,28H,4-8,11-12H2,1-3H3,(H,21,26)(H,22,27)(H,23,30)/t13-,14-,18?/m0/s1. The second-order valence-corrected chi connectivity index (χ2v) is 7.20. The van der Waals surface area contributed by atoms with Crippen molar-refractivity contribution in [2.75, 3.05) is 13.1 Å². The first kappa shape index (κ1) is 25.3. The van der Waals surface area contributed by atoms with Gasteiger partial charge in [-0.1, -0.05) is 6.92 Å². The Hall–Kier alpha value is -2.75. The molecule has 168 valence electrons. The summed E-state index contributed by atoms with van der Waals surface area (Å²) in [4.78, 5) is 59.9. The van der Waals surface area contributed by atoms with E-state index in [2.05, 4.69) is 16.0 Å². The van der Waals surface area contributed by atoms with E-state index >= 15 is 0 Å². The molecular formula is C20H32N4O6. The van der Waals surface area contributed by atoms with Gasteiger partial charge >= 0.3 is 0 Å². The molecular weight excluding hydrogens is 392 g/mol. The number of unbranched alkanes of at least 4 members (excludes halogenated alkanes) is 1. The second kappa shape index (κ2) is 12.7. The Kier molecular flexibility index (Phi) is 10.7. The van der Waals surface area contributed by atoms with E-state index in [0.717, 1.165) is 0 Å². The van der Waals surface area contributed by atoms with Crippen molar-refractivity contribution in [3.05, 3.63) is 12.2 Å². The molecule has 0 aromatic rings. The molecule has 10 nitrogen and oxygen atoms in total. The minimum atomic E-state index is -0.951. The summed E-state index contributed by atoms with van der Waals surface area (Å²) < 4.78 is 0. The fourth-order valence-electron chi connectivity index (χ4n) is 2.82. The van der Waals surface area contributed by atoms with Crippen LogP contribution < -0.4 is 16.0 Å². The van der Waals surface area contributed by atoms with Crippen molar-refractivity contribution in [3.8, 4) is 0 Å². The average Bonchev–Trinajstić information content (AvgIpc) is 3.02. The van der Waals surface area contributed by atoms with Crippen LogP contribution in [-0.4, -0.2) is 70.8 Å². The van der Waals surface area contributed by atoms with Crippen LogP contribution in [0.3, 0.4) is 0 Å². The number of hydrogen-bond acceptors (Lipinski definition) is 6. The molecule has 1 aliphatic rings. The van der Waals surface area contributed by atoms with Crippen LogP contribution in [0.1, 0.15) is 52.9 Å². The molecule has 0 fully saturated rings. The molecule has 4 amide bonds. The number of ketones is 1. The van der Waals surface area contributed by atoms with Crippen molar-refractivity contribution in [2.24, 2.45) is 0 Å². The third kappa shape index (κ3) is 8.73. The molecule has 0 aromatic heterocycles. The van der Waals surface area contributed by atoms with Crippen LogP contribution in [0.25, 0.3) is 0 Å². The predicted molar refractivity (Wildman–Crippen MR) is 109 cm³/mol. The second-order valence-electron chi connectivity index (χ2n) is 7.20. The van der Waals surface area contributed by atoms with Crippen LogP contribution >= 0.6 is 0 Å². The summed E-state index contributed by atoms with van der Waals surface area (Å²) >= 11 is 0. The van der Waals surface area contributed by atoms with E-state index in [9.17, 15) is 29.1 Å². The molecule has 1 aliphatic heterocycles. The Morgan fingerprint density at radius 1 is 1.07 bits per heavy atom. The van der Waals surface area contributed by atoms with Gasteiger partial charge in [0.25, 0.3) is 0 Å². The Labute approximate surface area is 176 Å². The highest BCUT2D eigenvalue weighted by atomic mass is 16.3. The number of nitrogens with one attached hydrogen (secondary N) is 3. The minimum Gasteiger partial charge on any atom is -0.370 e. The Bertz CT molecular complexity index is 678. The largest absolute Gasteiger partial charge is 0.370 e. The molecule has 4 N–H and O–H groups in total. The SMILES string of the molecule is CCC(=O)[C@H](C)NC(=O)[C@H](C)NC(=O)CCCCC(=O)NCCN1C(=O)C=CC1O. The van der Waals surface area contributed by atoms with Gasteiger partial charge in [0.2, 0.25) is 23.6 Å². The molecule has 0 bridgehead atoms. The molecule has 0 radical (unpaired) electrons. The minimum absolute atomic E-state index is 0.0833. The van der Waals surface area contributed by atoms with E-state index in [1.807, 2.05) is 0 Å². The summed E-state index contributed by atoms with van der Waals surface area (Å²) in [5, 5.41) is 17.4. The van der Waals surface area contributed by atoms with Crippen LogP contribution in [-0.2, 0) is 24.0 Å². The zero-order chi connectivity index (χ0) is 22.7. The number of hydrogen-bond donors (Lipinski definition) is 4. The summed E-state index contributed by atoms with van der Waals surface area (Å²) in [5.74, 6) is -1.31. The van der Waals surface area contributed by atoms with Crippen LogP contribution in [0.2, 0.25) is 0 Å². The molecule has 0 saturated carbocycles. The van der Waals surface area contributed by atoms with Gasteiger partial charge in [-0.15, -0.1) is 0 Å². The maximum Gasteiger partial charge on any atom is 0.248 e. The number of nitrogens with zero attached hydrogens (tertiary/aromatic N) is 1. The third-order valence-corrected chi connectivity index (χ3v) is 4.71. The van der Waals surface area contributed by atoms with Gasteiger partial charge in [0, 0.05) is 38.4 Å². The van der Waals surface area contributed by atoms with Crippen LogP contribution in [0.5, 0.6) is 0 Å². The predicted octanol–water partition coefficient (Wildman–Crippen LogP) is -0.632. The molecule has 3 atom stereocenters. The van der Waals surface area contributed by atoms with Gasteiger partial charge in [0.05, 0.1) is 6.04 Å². The number of rotatable bonds is 13. The summed E-state index contributed by atoms with van der Waals surface area (Å²) in [6.45, 7) is 5.30. The molecule has 10 heteroatoms. The van der Waals surface area contributed by atoms with Crippen LogP contribution in [0.15, 0.2) is 12.2 Å². The zero-order valence-corrected chi connectivity index (χ0v) is 17.8. The lowest BCUT2D eigenvalue weighted by atomic mass is 10.1. The van der Waals surface area contributed by atoms with Gasteiger partial charge in [-0.25, -0.2) is 0 Å². The van der Waals surface area contributed by atoms with Gasteiger partial charge in [0.1, 0.15) is 12.3 Å². The highest BCUT2D eigenvalue weighted by Crippen LogP contribution is 2.07. The fraction of sp³-hybridized carbons (Fsp3) is 0.650. The molecule has 1 unspecified atom stereocenters. The lowest BCUT2D eigenvalue weighted by Gasteiger charge is -2.20. The molecule has 0 spiro atoms. The van der Waals surface area contributed by atoms with Gasteiger partial charge in [-0.2, -0.15) is 0 Å². The Morgan fingerprint density at radius 3 is 2.27 bits per heavy atom. The maximum absolute atomic E-state index is 12.0. The van der Waals surface area contributed by atoms with E-state index in [0.29, 0.717) is 19.3 Å². The summed E-state index contributed by atoms with van der Waals surface area (Å²) in [6.07, 6.45) is 3.42. The first-order valence-electron chi connectivity index (χ1n) is 10.2. The summed E-state index contributed by atoms with van der Waals surface area (Å²) in [5.41, 5.74) is 0. The van der Waals surface area contributed by atoms with Gasteiger partial charge < -0.3 is 26.0 Å². The molecule has 0 aliphatic carbocycles. The van der Waals surface area contributed by atoms with Gasteiger partial charge in [0.15, 0.2) is 5.78 Å². The van der Waals surface area contributed by atoms with Crippen LogP contribution in [0.4, 0.5) is 0 Å². The first-order valence-corrected chi connectivity index (χ1v) is 10.2. The maximum atomic E-state index is 12.0. The zero-order valence-electron chi connectivity index (χ0n) is 17.8. The topological polar surface area (TPSA) is 145 Å². The first-order chi connectivity index (χ1) is 14.1. The van der Waals surface area contributed by atoms with Gasteiger partial charge in [-0.3, -0.25) is 24.0 Å². The van der Waals surface area contributed by atoms with Crippen molar-refractivity contribution in [2.45, 2.75) is 71.2 Å². The summed E-state index contributed by atoms with van der Waals surface area (Å²) in [6, 6.07) is -1.35. The van der Waals surface area contributed by atoms with E-state index in [4.69, 9.17) is 0 Å². The molecule has 0 aromatic carbocycles. The quantitative estimate of drug-likeness (QED) is 0.290. The van der Waals surface area contributed by atoms with Crippen molar-refractivity contribution >= 4 is 29.4 Å². The number of carbonyl (C=O) groups is 5. The fourth-order valence-corrected chi connectivity index (χ4v) is 2.82. The lowest BCUT2D eigenvalue weighted by Crippen LogP contribution is -2.49. The third-order valence-electron chi connectivity index (χ3n) is 4.71. The van der Waals surface area contributed by atoms with Crippen molar-refractivity contribution in [3.63, 3.8) is 0 Å². The molecule has 0 saturated heterocycles. The number of aliphatic hydroxyl groups excluding tert-OH is 1. The smallest absolute Gasteiger partial charge is 0.248 e. The monoisotopic (exact) mass is 424 g/mol. The highest BCUT2D eigenvalue weighted by Gasteiger charge is 2.23. The van der Waals surface area contributed by atoms with E-state index in [-0.39, 0.29) is 49.4 Å². The Balaban J connectivity index is 2.14. The van der Waals surface area contributed by atoms with Crippen molar-refractivity contribution < 1.29 is 29.1 Å². The normalized spacial score (nSPS) is 17.4. The average molecular weight is 424 g/mol. The number of aliphatic hydroxyl groups is 1. The van der Waals surface area contributed by atoms with E-state index in [1.165, 1.54) is 17.1 Å². The molecule has 1 heterocycles. The number of amides is 4. The highest BCUT2D eigenvalue weighted by molar-refractivity contribution is 5.92. The van der Waals surface area contributed by atoms with Gasteiger partial charge in [-0.05, 0) is 32.8 Å². The van der Waals surface area contributed by atoms with Crippen molar-refractivity contribution in [1.82, 2.24) is 20.9 Å². The van der Waals surface area contributed by atoms with E-state index < -0.39 is 24.2 Å². The number of carbonyl (C=O) groups excluding carboxylic acids is 5. The molecule has 30 heavy (non-hydrogen) atoms. The summed E-state index contributed by atoms with van der Waals surface area (Å²) in [7, 11) is 0.